The lowest BCUT2D eigenvalue weighted by Gasteiger charge is -2.04. The van der Waals surface area contributed by atoms with Crippen LogP contribution in [-0.4, -0.2) is 25.4 Å². The third-order valence-electron chi connectivity index (χ3n) is 4.12. The topological polar surface area (TPSA) is 38.7 Å². The summed E-state index contributed by atoms with van der Waals surface area (Å²) in [5.41, 5.74) is 0.997. The molecule has 0 atom stereocenters. The summed E-state index contributed by atoms with van der Waals surface area (Å²) in [6, 6.07) is 5.31. The summed E-state index contributed by atoms with van der Waals surface area (Å²) in [4.78, 5) is 0. The molecular weight excluding hydrogens is 300 g/mol. The van der Waals surface area contributed by atoms with E-state index in [0.717, 1.165) is 18.6 Å². The number of unbranched alkanes of at least 4 members (excludes halogenated alkanes) is 8. The summed E-state index contributed by atoms with van der Waals surface area (Å²) in [5.74, 6) is 0.657. The normalized spacial score (nSPS) is 11.2. The largest absolute Gasteiger partial charge is 0.504 e. The Morgan fingerprint density at radius 1 is 0.958 bits per heavy atom. The Hall–Kier alpha value is -1.48. The van der Waals surface area contributed by atoms with E-state index in [2.05, 4.69) is 6.92 Å². The molecule has 0 aromatic heterocycles. The van der Waals surface area contributed by atoms with Crippen molar-refractivity contribution < 1.29 is 14.6 Å². The van der Waals surface area contributed by atoms with E-state index in [1.54, 1.807) is 13.2 Å². The van der Waals surface area contributed by atoms with E-state index in [1.165, 1.54) is 51.4 Å². The smallest absolute Gasteiger partial charge is 0.161 e. The minimum Gasteiger partial charge on any atom is -0.504 e. The summed E-state index contributed by atoms with van der Waals surface area (Å²) < 4.78 is 10.7. The van der Waals surface area contributed by atoms with Crippen LogP contribution in [0, 0.1) is 0 Å². The number of aromatic hydroxyl groups is 1. The van der Waals surface area contributed by atoms with Gasteiger partial charge in [0, 0.05) is 6.61 Å². The van der Waals surface area contributed by atoms with Crippen LogP contribution in [0.3, 0.4) is 0 Å². The summed E-state index contributed by atoms with van der Waals surface area (Å²) in [6.07, 6.45) is 16.0. The highest BCUT2D eigenvalue weighted by atomic mass is 16.5. The van der Waals surface area contributed by atoms with Crippen molar-refractivity contribution in [1.82, 2.24) is 0 Å². The van der Waals surface area contributed by atoms with Crippen molar-refractivity contribution in [3.8, 4) is 11.5 Å². The molecule has 0 saturated heterocycles. The quantitative estimate of drug-likeness (QED) is 0.426. The molecule has 1 rings (SSSR count). The monoisotopic (exact) mass is 334 g/mol. The predicted molar refractivity (Wildman–Crippen MR) is 102 cm³/mol. The van der Waals surface area contributed by atoms with Crippen LogP contribution in [0.15, 0.2) is 24.3 Å². The van der Waals surface area contributed by atoms with E-state index in [-0.39, 0.29) is 5.75 Å². The number of phenols is 1. The Morgan fingerprint density at radius 2 is 1.62 bits per heavy atom. The average molecular weight is 335 g/mol. The van der Waals surface area contributed by atoms with Crippen molar-refractivity contribution >= 4 is 6.08 Å². The molecule has 0 heterocycles. The summed E-state index contributed by atoms with van der Waals surface area (Å²) >= 11 is 0. The number of benzene rings is 1. The maximum Gasteiger partial charge on any atom is 0.161 e. The Kier molecular flexibility index (Phi) is 11.9. The van der Waals surface area contributed by atoms with E-state index >= 15 is 0 Å². The highest BCUT2D eigenvalue weighted by Gasteiger charge is 2.00. The van der Waals surface area contributed by atoms with E-state index in [0.29, 0.717) is 12.4 Å². The Balaban J connectivity index is 1.98. The second kappa shape index (κ2) is 13.9. The molecule has 0 aliphatic rings. The second-order valence-corrected chi connectivity index (χ2v) is 6.24. The Morgan fingerprint density at radius 3 is 2.29 bits per heavy atom. The maximum absolute atomic E-state index is 9.55. The molecule has 3 heteroatoms. The fourth-order valence-electron chi connectivity index (χ4n) is 2.65. The molecule has 24 heavy (non-hydrogen) atoms. The van der Waals surface area contributed by atoms with Crippen LogP contribution in [0.1, 0.15) is 70.3 Å². The number of phenolic OH excluding ortho intramolecular Hbond substituents is 1. The van der Waals surface area contributed by atoms with Gasteiger partial charge in [-0.05, 0) is 24.1 Å². The Labute approximate surface area is 147 Å². The van der Waals surface area contributed by atoms with Gasteiger partial charge in [0.2, 0.25) is 0 Å². The number of hydrogen-bond acceptors (Lipinski definition) is 3. The first-order chi connectivity index (χ1) is 11.8. The molecule has 0 fully saturated rings. The number of ether oxygens (including phenoxy) is 2. The zero-order valence-corrected chi connectivity index (χ0v) is 15.4. The molecule has 0 aliphatic heterocycles. The van der Waals surface area contributed by atoms with E-state index in [1.807, 2.05) is 24.3 Å². The predicted octanol–water partition coefficient (Wildman–Crippen LogP) is 5.96. The van der Waals surface area contributed by atoms with Crippen LogP contribution >= 0.6 is 0 Å². The van der Waals surface area contributed by atoms with Gasteiger partial charge in [0.1, 0.15) is 0 Å². The SMILES string of the molecule is CCCCCCCCCCCOC/C=C/c1ccc(O)c(OC)c1. The van der Waals surface area contributed by atoms with Gasteiger partial charge < -0.3 is 14.6 Å². The summed E-state index contributed by atoms with van der Waals surface area (Å²) in [6.45, 7) is 3.72. The van der Waals surface area contributed by atoms with Crippen LogP contribution in [0.5, 0.6) is 11.5 Å². The maximum atomic E-state index is 9.55. The van der Waals surface area contributed by atoms with Crippen molar-refractivity contribution in [2.24, 2.45) is 0 Å². The lowest BCUT2D eigenvalue weighted by atomic mass is 10.1. The highest BCUT2D eigenvalue weighted by molar-refractivity contribution is 5.55. The van der Waals surface area contributed by atoms with Gasteiger partial charge in [0.15, 0.2) is 11.5 Å². The molecular formula is C21H34O3. The van der Waals surface area contributed by atoms with Gasteiger partial charge in [0.05, 0.1) is 13.7 Å². The van der Waals surface area contributed by atoms with Crippen molar-refractivity contribution in [2.75, 3.05) is 20.3 Å². The molecule has 0 aliphatic carbocycles. The van der Waals surface area contributed by atoms with Crippen LogP contribution < -0.4 is 4.74 Å². The van der Waals surface area contributed by atoms with Crippen molar-refractivity contribution in [3.05, 3.63) is 29.8 Å². The fraction of sp³-hybridized carbons (Fsp3) is 0.619. The van der Waals surface area contributed by atoms with Gasteiger partial charge in [-0.1, -0.05) is 76.5 Å². The van der Waals surface area contributed by atoms with Crippen LogP contribution in [0.25, 0.3) is 6.08 Å². The zero-order chi connectivity index (χ0) is 17.5. The summed E-state index contributed by atoms with van der Waals surface area (Å²) in [7, 11) is 1.55. The Bertz CT molecular complexity index is 454. The average Bonchev–Trinajstić information content (AvgIpc) is 2.60. The standard InChI is InChI=1S/C21H34O3/c1-3-4-5-6-7-8-9-10-11-16-24-17-12-13-19-14-15-20(22)21(18-19)23-2/h12-15,18,22H,3-11,16-17H2,1-2H3/b13-12+. The van der Waals surface area contributed by atoms with E-state index in [9.17, 15) is 5.11 Å². The lowest BCUT2D eigenvalue weighted by molar-refractivity contribution is 0.157. The van der Waals surface area contributed by atoms with Crippen LogP contribution in [0.2, 0.25) is 0 Å². The highest BCUT2D eigenvalue weighted by Crippen LogP contribution is 2.26. The first-order valence-corrected chi connectivity index (χ1v) is 9.39. The minimum absolute atomic E-state index is 0.163. The molecule has 1 N–H and O–H groups in total. The summed E-state index contributed by atoms with van der Waals surface area (Å²) in [5, 5.41) is 9.55. The molecule has 0 bridgehead atoms. The molecule has 0 spiro atoms. The molecule has 0 unspecified atom stereocenters. The molecule has 0 amide bonds. The van der Waals surface area contributed by atoms with Gasteiger partial charge >= 0.3 is 0 Å². The van der Waals surface area contributed by atoms with E-state index in [4.69, 9.17) is 9.47 Å². The number of methoxy groups -OCH3 is 1. The van der Waals surface area contributed by atoms with Crippen LogP contribution in [0.4, 0.5) is 0 Å². The van der Waals surface area contributed by atoms with Gasteiger partial charge in [-0.15, -0.1) is 0 Å². The first kappa shape index (κ1) is 20.6. The lowest BCUT2D eigenvalue weighted by Crippen LogP contribution is -1.94. The van der Waals surface area contributed by atoms with Gasteiger partial charge in [0.25, 0.3) is 0 Å². The molecule has 136 valence electrons. The number of hydrogen-bond donors (Lipinski definition) is 1. The zero-order valence-electron chi connectivity index (χ0n) is 15.4. The molecule has 3 nitrogen and oxygen atoms in total. The molecule has 0 saturated carbocycles. The third-order valence-corrected chi connectivity index (χ3v) is 4.12. The minimum atomic E-state index is 0.163. The van der Waals surface area contributed by atoms with Crippen LogP contribution in [-0.2, 0) is 4.74 Å². The third kappa shape index (κ3) is 9.61. The molecule has 1 aromatic carbocycles. The molecule has 0 radical (unpaired) electrons. The van der Waals surface area contributed by atoms with Crippen molar-refractivity contribution in [1.29, 1.82) is 0 Å². The number of rotatable bonds is 14. The van der Waals surface area contributed by atoms with Gasteiger partial charge in [-0.3, -0.25) is 0 Å². The second-order valence-electron chi connectivity index (χ2n) is 6.24. The van der Waals surface area contributed by atoms with Crippen molar-refractivity contribution in [2.45, 2.75) is 64.7 Å². The molecule has 1 aromatic rings. The van der Waals surface area contributed by atoms with Crippen molar-refractivity contribution in [3.63, 3.8) is 0 Å². The van der Waals surface area contributed by atoms with E-state index < -0.39 is 0 Å². The van der Waals surface area contributed by atoms with Gasteiger partial charge in [-0.25, -0.2) is 0 Å². The fourth-order valence-corrected chi connectivity index (χ4v) is 2.65. The first-order valence-electron chi connectivity index (χ1n) is 9.39. The van der Waals surface area contributed by atoms with Gasteiger partial charge in [-0.2, -0.15) is 0 Å².